The molecule has 2 rings (SSSR count). The fraction of sp³-hybridized carbons (Fsp3) is 0.438. The molecule has 1 atom stereocenters. The Morgan fingerprint density at radius 3 is 2.68 bits per heavy atom. The van der Waals surface area contributed by atoms with E-state index in [1.54, 1.807) is 7.11 Å². The first-order valence-electron chi connectivity index (χ1n) is 6.70. The summed E-state index contributed by atoms with van der Waals surface area (Å²) in [6.07, 6.45) is 0.919. The largest absolute Gasteiger partial charge is 0.496 e. The molecule has 0 saturated carbocycles. The fourth-order valence-corrected chi connectivity index (χ4v) is 2.58. The number of ether oxygens (including phenoxy) is 1. The zero-order valence-corrected chi connectivity index (χ0v) is 12.2. The Labute approximate surface area is 114 Å². The van der Waals surface area contributed by atoms with Crippen molar-refractivity contribution in [2.24, 2.45) is 11.7 Å². The molecular weight excluding hydrogens is 236 g/mol. The lowest BCUT2D eigenvalue weighted by Crippen LogP contribution is -2.14. The maximum Gasteiger partial charge on any atom is 0.122 e. The van der Waals surface area contributed by atoms with Crippen LogP contribution in [-0.4, -0.2) is 18.6 Å². The number of nitrogens with zero attached hydrogens (tertiary/aromatic N) is 1. The van der Waals surface area contributed by atoms with Gasteiger partial charge in [0.15, 0.2) is 0 Å². The smallest absolute Gasteiger partial charge is 0.122 e. The summed E-state index contributed by atoms with van der Waals surface area (Å²) in [4.78, 5) is 4.62. The van der Waals surface area contributed by atoms with Crippen LogP contribution in [0.5, 0.6) is 5.75 Å². The minimum Gasteiger partial charge on any atom is -0.496 e. The molecule has 0 saturated heterocycles. The van der Waals surface area contributed by atoms with Gasteiger partial charge in [-0.3, -0.25) is 4.98 Å². The van der Waals surface area contributed by atoms with Gasteiger partial charge >= 0.3 is 0 Å². The highest BCUT2D eigenvalue weighted by molar-refractivity contribution is 5.88. The third-order valence-corrected chi connectivity index (χ3v) is 3.54. The molecule has 1 heterocycles. The van der Waals surface area contributed by atoms with Crippen molar-refractivity contribution in [1.82, 2.24) is 4.98 Å². The summed E-state index contributed by atoms with van der Waals surface area (Å²) < 4.78 is 5.52. The number of aryl methyl sites for hydroxylation is 2. The molecule has 102 valence electrons. The average molecular weight is 258 g/mol. The van der Waals surface area contributed by atoms with Crippen LogP contribution in [0.3, 0.4) is 0 Å². The van der Waals surface area contributed by atoms with E-state index in [0.717, 1.165) is 23.4 Å². The van der Waals surface area contributed by atoms with Gasteiger partial charge in [-0.05, 0) is 56.5 Å². The van der Waals surface area contributed by atoms with E-state index in [1.165, 1.54) is 16.5 Å². The second-order valence-corrected chi connectivity index (χ2v) is 5.27. The Balaban J connectivity index is 2.68. The highest BCUT2D eigenvalue weighted by Crippen LogP contribution is 2.31. The summed E-state index contributed by atoms with van der Waals surface area (Å²) >= 11 is 0. The van der Waals surface area contributed by atoms with Crippen molar-refractivity contribution in [2.75, 3.05) is 13.7 Å². The van der Waals surface area contributed by atoms with Crippen molar-refractivity contribution in [1.29, 1.82) is 0 Å². The molecule has 3 nitrogen and oxygen atoms in total. The van der Waals surface area contributed by atoms with Crippen LogP contribution in [0, 0.1) is 19.8 Å². The molecule has 2 aromatic rings. The van der Waals surface area contributed by atoms with Crippen molar-refractivity contribution >= 4 is 10.9 Å². The predicted octanol–water partition coefficient (Wildman–Crippen LogP) is 3.00. The predicted molar refractivity (Wildman–Crippen MR) is 79.7 cm³/mol. The molecule has 3 heteroatoms. The third kappa shape index (κ3) is 2.71. The van der Waals surface area contributed by atoms with Crippen molar-refractivity contribution < 1.29 is 4.74 Å². The lowest BCUT2D eigenvalue weighted by Gasteiger charge is -2.16. The van der Waals surface area contributed by atoms with Gasteiger partial charge in [0.05, 0.1) is 12.6 Å². The summed E-state index contributed by atoms with van der Waals surface area (Å²) in [6, 6.07) is 6.16. The molecule has 0 bridgehead atoms. The van der Waals surface area contributed by atoms with E-state index in [9.17, 15) is 0 Å². The first kappa shape index (κ1) is 13.8. The van der Waals surface area contributed by atoms with E-state index in [-0.39, 0.29) is 0 Å². The average Bonchev–Trinajstić information content (AvgIpc) is 2.38. The highest BCUT2D eigenvalue weighted by Gasteiger charge is 2.14. The number of methoxy groups -OCH3 is 1. The topological polar surface area (TPSA) is 48.1 Å². The van der Waals surface area contributed by atoms with Gasteiger partial charge in [-0.2, -0.15) is 0 Å². The minimum absolute atomic E-state index is 0.431. The molecule has 0 fully saturated rings. The van der Waals surface area contributed by atoms with Gasteiger partial charge in [0.2, 0.25) is 0 Å². The maximum absolute atomic E-state index is 5.76. The molecule has 1 aromatic carbocycles. The molecule has 0 amide bonds. The van der Waals surface area contributed by atoms with E-state index in [1.807, 2.05) is 19.1 Å². The molecule has 2 N–H and O–H groups in total. The first-order chi connectivity index (χ1) is 9.06. The molecule has 0 aliphatic carbocycles. The van der Waals surface area contributed by atoms with Gasteiger partial charge in [0, 0.05) is 16.6 Å². The number of aromatic nitrogens is 1. The van der Waals surface area contributed by atoms with Gasteiger partial charge in [0.25, 0.3) is 0 Å². The number of rotatable bonds is 4. The van der Waals surface area contributed by atoms with Crippen molar-refractivity contribution in [3.8, 4) is 5.75 Å². The Morgan fingerprint density at radius 2 is 2.05 bits per heavy atom. The summed E-state index contributed by atoms with van der Waals surface area (Å²) in [7, 11) is 1.72. The Hall–Kier alpha value is -1.61. The molecular formula is C16H22N2O. The Bertz CT molecular complexity index is 593. The normalized spacial score (nSPS) is 12.7. The van der Waals surface area contributed by atoms with Crippen LogP contribution in [0.2, 0.25) is 0 Å². The Kier molecular flexibility index (Phi) is 4.05. The highest BCUT2D eigenvalue weighted by atomic mass is 16.5. The van der Waals surface area contributed by atoms with Gasteiger partial charge in [-0.1, -0.05) is 6.92 Å². The lowest BCUT2D eigenvalue weighted by atomic mass is 9.94. The summed E-state index contributed by atoms with van der Waals surface area (Å²) in [6.45, 7) is 7.00. The number of fused-ring (bicyclic) bond motifs is 1. The standard InChI is InChI=1S/C16H22N2O/c1-10(9-17)7-13-15(19-4)6-5-14-16(13)11(2)8-12(3)18-14/h5-6,8,10H,7,9,17H2,1-4H3. The first-order valence-corrected chi connectivity index (χ1v) is 6.70. The number of benzene rings is 1. The Morgan fingerprint density at radius 1 is 1.32 bits per heavy atom. The fourth-order valence-electron chi connectivity index (χ4n) is 2.58. The van der Waals surface area contributed by atoms with Crippen LogP contribution in [0.1, 0.15) is 23.7 Å². The minimum atomic E-state index is 0.431. The summed E-state index contributed by atoms with van der Waals surface area (Å²) in [5.74, 6) is 1.36. The van der Waals surface area contributed by atoms with Crippen LogP contribution in [0.15, 0.2) is 18.2 Å². The van der Waals surface area contributed by atoms with E-state index >= 15 is 0 Å². The summed E-state index contributed by atoms with van der Waals surface area (Å²) in [5, 5.41) is 1.21. The van der Waals surface area contributed by atoms with Crippen molar-refractivity contribution in [3.05, 3.63) is 35.0 Å². The number of pyridine rings is 1. The molecule has 1 unspecified atom stereocenters. The van der Waals surface area contributed by atoms with Gasteiger partial charge in [-0.15, -0.1) is 0 Å². The molecule has 0 aliphatic heterocycles. The quantitative estimate of drug-likeness (QED) is 0.917. The van der Waals surface area contributed by atoms with Gasteiger partial charge in [0.1, 0.15) is 5.75 Å². The zero-order valence-electron chi connectivity index (χ0n) is 12.2. The summed E-state index contributed by atoms with van der Waals surface area (Å²) in [5.41, 5.74) is 10.3. The second-order valence-electron chi connectivity index (χ2n) is 5.27. The second kappa shape index (κ2) is 5.57. The lowest BCUT2D eigenvalue weighted by molar-refractivity contribution is 0.407. The third-order valence-electron chi connectivity index (χ3n) is 3.54. The SMILES string of the molecule is COc1ccc2nc(C)cc(C)c2c1CC(C)CN. The molecule has 1 aromatic heterocycles. The van der Waals surface area contributed by atoms with Crippen LogP contribution in [0.4, 0.5) is 0 Å². The van der Waals surface area contributed by atoms with Crippen molar-refractivity contribution in [3.63, 3.8) is 0 Å². The van der Waals surface area contributed by atoms with E-state index in [4.69, 9.17) is 10.5 Å². The number of nitrogens with two attached hydrogens (primary N) is 1. The zero-order chi connectivity index (χ0) is 14.0. The maximum atomic E-state index is 5.76. The molecule has 19 heavy (non-hydrogen) atoms. The number of hydrogen-bond donors (Lipinski definition) is 1. The van der Waals surface area contributed by atoms with Crippen LogP contribution < -0.4 is 10.5 Å². The van der Waals surface area contributed by atoms with Gasteiger partial charge < -0.3 is 10.5 Å². The van der Waals surface area contributed by atoms with Gasteiger partial charge in [-0.25, -0.2) is 0 Å². The van der Waals surface area contributed by atoms with E-state index in [0.29, 0.717) is 12.5 Å². The van der Waals surface area contributed by atoms with E-state index < -0.39 is 0 Å². The van der Waals surface area contributed by atoms with E-state index in [2.05, 4.69) is 24.9 Å². The van der Waals surface area contributed by atoms with Crippen LogP contribution in [-0.2, 0) is 6.42 Å². The van der Waals surface area contributed by atoms with Crippen molar-refractivity contribution in [2.45, 2.75) is 27.2 Å². The molecule has 0 radical (unpaired) electrons. The van der Waals surface area contributed by atoms with Crippen LogP contribution in [0.25, 0.3) is 10.9 Å². The molecule has 0 aliphatic rings. The number of hydrogen-bond acceptors (Lipinski definition) is 3. The van der Waals surface area contributed by atoms with Crippen LogP contribution >= 0.6 is 0 Å². The molecule has 0 spiro atoms. The monoisotopic (exact) mass is 258 g/mol.